The van der Waals surface area contributed by atoms with E-state index in [9.17, 15) is 9.90 Å². The predicted octanol–water partition coefficient (Wildman–Crippen LogP) is 4.89. The lowest BCUT2D eigenvalue weighted by Gasteiger charge is -2.57. The molecule has 0 aromatic rings. The zero-order chi connectivity index (χ0) is 21.0. The Morgan fingerprint density at radius 2 is 2.03 bits per heavy atom. The largest absolute Gasteiger partial charge is 0.481 e. The summed E-state index contributed by atoms with van der Waals surface area (Å²) >= 11 is 0. The van der Waals surface area contributed by atoms with E-state index in [-0.39, 0.29) is 17.9 Å². The molecule has 0 bridgehead atoms. The summed E-state index contributed by atoms with van der Waals surface area (Å²) in [7, 11) is 1.80. The summed E-state index contributed by atoms with van der Waals surface area (Å²) in [6.07, 6.45) is 10.1. The van der Waals surface area contributed by atoms with Crippen LogP contribution >= 0.6 is 0 Å². The number of hydrogen-bond donors (Lipinski definition) is 2. The Labute approximate surface area is 174 Å². The Hall–Kier alpha value is -1.39. The molecule has 4 rings (SSSR count). The van der Waals surface area contributed by atoms with E-state index >= 15 is 0 Å². The van der Waals surface area contributed by atoms with E-state index in [2.05, 4.69) is 26.2 Å². The van der Waals surface area contributed by atoms with Crippen LogP contribution in [0.1, 0.15) is 64.7 Å². The van der Waals surface area contributed by atoms with Crippen LogP contribution in [0.2, 0.25) is 0 Å². The molecule has 4 aliphatic carbocycles. The SMILES string of the molecule is C=C1C[C@@]2(C)[C@@H](CC[C@@]2(O)C(=C)CCC(=O)O)[C@@H]2CCC3=C[C@@H](OC)CC[C@@H]3[C@@H]12. The van der Waals surface area contributed by atoms with Crippen molar-refractivity contribution in [1.29, 1.82) is 0 Å². The first kappa shape index (κ1) is 20.9. The molecule has 4 heteroatoms. The fourth-order valence-corrected chi connectivity index (χ4v) is 7.56. The first-order chi connectivity index (χ1) is 13.7. The molecule has 0 saturated heterocycles. The van der Waals surface area contributed by atoms with E-state index in [0.29, 0.717) is 42.1 Å². The highest BCUT2D eigenvalue weighted by Crippen LogP contribution is 2.67. The lowest BCUT2D eigenvalue weighted by atomic mass is 9.48. The van der Waals surface area contributed by atoms with Gasteiger partial charge in [-0.3, -0.25) is 4.79 Å². The van der Waals surface area contributed by atoms with E-state index in [1.807, 2.05) is 0 Å². The summed E-state index contributed by atoms with van der Waals surface area (Å²) in [6.45, 7) is 10.9. The number of carboxylic acid groups (broad SMARTS) is 1. The number of aliphatic hydroxyl groups is 1. The summed E-state index contributed by atoms with van der Waals surface area (Å²) in [4.78, 5) is 11.1. The molecule has 2 N–H and O–H groups in total. The van der Waals surface area contributed by atoms with Gasteiger partial charge in [-0.25, -0.2) is 0 Å². The summed E-state index contributed by atoms with van der Waals surface area (Å²) in [5.41, 5.74) is 2.28. The fraction of sp³-hybridized carbons (Fsp3) is 0.720. The summed E-state index contributed by atoms with van der Waals surface area (Å²) < 4.78 is 5.60. The van der Waals surface area contributed by atoms with Gasteiger partial charge < -0.3 is 14.9 Å². The standard InChI is InChI=1S/C25H36O4/c1-15-14-24(3)21(11-12-25(24,28)16(2)5-10-22(26)27)20-8-6-17-13-18(29-4)7-9-19(17)23(15)20/h13,18-21,23,28H,1-2,5-12,14H2,3-4H3,(H,26,27)/t18-,19-,20-,21-,23+,24-,25+/m0/s1. The number of aliphatic carboxylic acids is 1. The molecule has 0 amide bonds. The van der Waals surface area contributed by atoms with Crippen molar-refractivity contribution in [3.8, 4) is 0 Å². The van der Waals surface area contributed by atoms with Gasteiger partial charge in [0.05, 0.1) is 11.7 Å². The normalized spacial score (nSPS) is 43.8. The van der Waals surface area contributed by atoms with Crippen LogP contribution in [0.15, 0.2) is 36.0 Å². The molecule has 160 valence electrons. The maximum atomic E-state index is 11.8. The van der Waals surface area contributed by atoms with Gasteiger partial charge in [-0.15, -0.1) is 0 Å². The average Bonchev–Trinajstić information content (AvgIpc) is 2.96. The summed E-state index contributed by atoms with van der Waals surface area (Å²) in [5.74, 6) is 1.28. The smallest absolute Gasteiger partial charge is 0.303 e. The Morgan fingerprint density at radius 3 is 2.72 bits per heavy atom. The Morgan fingerprint density at radius 1 is 1.28 bits per heavy atom. The van der Waals surface area contributed by atoms with Crippen LogP contribution in [-0.2, 0) is 9.53 Å². The minimum absolute atomic E-state index is 0.0335. The lowest BCUT2D eigenvalue weighted by Crippen LogP contribution is -2.54. The molecule has 4 nitrogen and oxygen atoms in total. The van der Waals surface area contributed by atoms with E-state index in [4.69, 9.17) is 9.84 Å². The summed E-state index contributed by atoms with van der Waals surface area (Å²) in [6, 6.07) is 0. The first-order valence-electron chi connectivity index (χ1n) is 11.2. The third kappa shape index (κ3) is 3.14. The maximum Gasteiger partial charge on any atom is 0.303 e. The number of hydrogen-bond acceptors (Lipinski definition) is 3. The molecular weight excluding hydrogens is 364 g/mol. The summed E-state index contributed by atoms with van der Waals surface area (Å²) in [5, 5.41) is 20.9. The van der Waals surface area contributed by atoms with Crippen molar-refractivity contribution in [3.63, 3.8) is 0 Å². The molecule has 0 radical (unpaired) electrons. The second kappa shape index (κ2) is 7.39. The zero-order valence-electron chi connectivity index (χ0n) is 18.0. The van der Waals surface area contributed by atoms with Gasteiger partial charge in [-0.05, 0) is 80.6 Å². The second-order valence-corrected chi connectivity index (χ2v) is 10.2. The highest BCUT2D eigenvalue weighted by molar-refractivity contribution is 5.67. The van der Waals surface area contributed by atoms with Gasteiger partial charge in [0.1, 0.15) is 0 Å². The van der Waals surface area contributed by atoms with Crippen molar-refractivity contribution in [3.05, 3.63) is 36.0 Å². The van der Waals surface area contributed by atoms with E-state index < -0.39 is 11.6 Å². The van der Waals surface area contributed by atoms with Crippen molar-refractivity contribution in [1.82, 2.24) is 0 Å². The third-order valence-corrected chi connectivity index (χ3v) is 8.99. The predicted molar refractivity (Wildman–Crippen MR) is 113 cm³/mol. The average molecular weight is 401 g/mol. The fourth-order valence-electron chi connectivity index (χ4n) is 7.56. The topological polar surface area (TPSA) is 66.8 Å². The van der Waals surface area contributed by atoms with E-state index in [0.717, 1.165) is 32.1 Å². The minimum atomic E-state index is -0.981. The van der Waals surface area contributed by atoms with Crippen LogP contribution in [0, 0.1) is 29.1 Å². The highest BCUT2D eigenvalue weighted by atomic mass is 16.5. The molecule has 3 saturated carbocycles. The molecule has 0 spiro atoms. The number of methoxy groups -OCH3 is 1. The first-order valence-corrected chi connectivity index (χ1v) is 11.2. The van der Waals surface area contributed by atoms with Crippen molar-refractivity contribution >= 4 is 5.97 Å². The van der Waals surface area contributed by atoms with E-state index in [1.54, 1.807) is 12.7 Å². The number of rotatable bonds is 5. The molecular formula is C25H36O4. The van der Waals surface area contributed by atoms with E-state index in [1.165, 1.54) is 12.0 Å². The van der Waals surface area contributed by atoms with Crippen molar-refractivity contribution in [2.24, 2.45) is 29.1 Å². The van der Waals surface area contributed by atoms with Crippen LogP contribution in [-0.4, -0.2) is 35.0 Å². The molecule has 4 aliphatic rings. The van der Waals surface area contributed by atoms with Gasteiger partial charge in [0.15, 0.2) is 0 Å². The zero-order valence-corrected chi connectivity index (χ0v) is 18.0. The van der Waals surface area contributed by atoms with Crippen molar-refractivity contribution in [2.75, 3.05) is 7.11 Å². The number of fused-ring (bicyclic) bond motifs is 5. The van der Waals surface area contributed by atoms with Crippen molar-refractivity contribution < 1.29 is 19.7 Å². The Kier molecular flexibility index (Phi) is 5.31. The molecule has 29 heavy (non-hydrogen) atoms. The number of carbonyl (C=O) groups is 1. The van der Waals surface area contributed by atoms with Gasteiger partial charge in [-0.2, -0.15) is 0 Å². The number of allylic oxidation sites excluding steroid dienone is 2. The van der Waals surface area contributed by atoms with Crippen LogP contribution in [0.5, 0.6) is 0 Å². The molecule has 0 heterocycles. The number of carboxylic acids is 1. The van der Waals surface area contributed by atoms with Gasteiger partial charge in [0.2, 0.25) is 0 Å². The van der Waals surface area contributed by atoms with Crippen LogP contribution in [0.4, 0.5) is 0 Å². The molecule has 0 aromatic carbocycles. The third-order valence-electron chi connectivity index (χ3n) is 8.99. The quantitative estimate of drug-likeness (QED) is 0.645. The Balaban J connectivity index is 1.60. The van der Waals surface area contributed by atoms with Crippen LogP contribution < -0.4 is 0 Å². The monoisotopic (exact) mass is 400 g/mol. The molecule has 7 atom stereocenters. The maximum absolute atomic E-state index is 11.8. The molecule has 0 aliphatic heterocycles. The van der Waals surface area contributed by atoms with Crippen LogP contribution in [0.3, 0.4) is 0 Å². The van der Waals surface area contributed by atoms with Gasteiger partial charge in [-0.1, -0.05) is 37.3 Å². The van der Waals surface area contributed by atoms with Gasteiger partial charge >= 0.3 is 5.97 Å². The minimum Gasteiger partial charge on any atom is -0.481 e. The lowest BCUT2D eigenvalue weighted by molar-refractivity contribution is -0.137. The number of ether oxygens (including phenoxy) is 1. The second-order valence-electron chi connectivity index (χ2n) is 10.2. The van der Waals surface area contributed by atoms with Gasteiger partial charge in [0.25, 0.3) is 0 Å². The highest BCUT2D eigenvalue weighted by Gasteiger charge is 2.63. The Bertz CT molecular complexity index is 752. The molecule has 0 aromatic heterocycles. The van der Waals surface area contributed by atoms with Gasteiger partial charge in [0, 0.05) is 18.9 Å². The van der Waals surface area contributed by atoms with Crippen molar-refractivity contribution in [2.45, 2.75) is 76.4 Å². The van der Waals surface area contributed by atoms with Crippen LogP contribution in [0.25, 0.3) is 0 Å². The molecule has 0 unspecified atom stereocenters. The molecule has 3 fully saturated rings.